The average Bonchev–Trinajstić information content (AvgIpc) is 1.73. The Balaban J connectivity index is 2.25. The fourth-order valence-corrected chi connectivity index (χ4v) is 1.49. The summed E-state index contributed by atoms with van der Waals surface area (Å²) in [6, 6.07) is 0. The van der Waals surface area contributed by atoms with E-state index in [9.17, 15) is 4.79 Å². The van der Waals surface area contributed by atoms with E-state index in [-0.39, 0.29) is 5.54 Å². The molecular weight excluding hydrogens is 154 g/mol. The maximum absolute atomic E-state index is 10.3. The van der Waals surface area contributed by atoms with Crippen molar-refractivity contribution in [2.45, 2.75) is 32.7 Å². The first kappa shape index (κ1) is 9.52. The van der Waals surface area contributed by atoms with Gasteiger partial charge in [0.1, 0.15) is 0 Å². The van der Waals surface area contributed by atoms with Crippen molar-refractivity contribution in [3.8, 4) is 0 Å². The minimum Gasteiger partial charge on any atom is -0.481 e. The molecule has 1 fully saturated rings. The highest BCUT2D eigenvalue weighted by Gasteiger charge is 2.34. The molecule has 0 unspecified atom stereocenters. The summed E-state index contributed by atoms with van der Waals surface area (Å²) in [5.41, 5.74) is 0.203. The van der Waals surface area contributed by atoms with Gasteiger partial charge in [-0.1, -0.05) is 0 Å². The Bertz CT molecular complexity index is 177. The summed E-state index contributed by atoms with van der Waals surface area (Å²) in [5, 5.41) is 8.52. The lowest BCUT2D eigenvalue weighted by molar-refractivity contribution is -0.140. The molecule has 70 valence electrons. The molecule has 1 heterocycles. The number of aliphatic carboxylic acids is 1. The second-order valence-corrected chi connectivity index (χ2v) is 4.54. The first-order chi connectivity index (χ1) is 5.39. The van der Waals surface area contributed by atoms with Crippen molar-refractivity contribution >= 4 is 5.97 Å². The molecule has 0 atom stereocenters. The van der Waals surface area contributed by atoms with E-state index < -0.39 is 5.97 Å². The molecule has 0 bridgehead atoms. The van der Waals surface area contributed by atoms with Crippen LogP contribution in [0.1, 0.15) is 27.2 Å². The molecule has 0 aliphatic carbocycles. The number of carboxylic acids is 1. The number of nitrogens with zero attached hydrogens (tertiary/aromatic N) is 1. The van der Waals surface area contributed by atoms with E-state index in [1.54, 1.807) is 0 Å². The predicted molar refractivity (Wildman–Crippen MR) is 47.1 cm³/mol. The summed E-state index contributed by atoms with van der Waals surface area (Å²) in [6.45, 7) is 8.35. The van der Waals surface area contributed by atoms with Crippen LogP contribution >= 0.6 is 0 Å². The molecule has 0 aromatic rings. The number of carbonyl (C=O) groups is 1. The topological polar surface area (TPSA) is 40.5 Å². The second-order valence-electron chi connectivity index (χ2n) is 4.54. The van der Waals surface area contributed by atoms with Crippen LogP contribution in [0.3, 0.4) is 0 Å². The number of hydrogen-bond donors (Lipinski definition) is 1. The normalized spacial score (nSPS) is 20.6. The standard InChI is InChI=1S/C9H17NO2/c1-9(2,3)10-5-7(6-10)4-8(11)12/h7H,4-6H2,1-3H3,(H,11,12). The molecule has 12 heavy (non-hydrogen) atoms. The van der Waals surface area contributed by atoms with Gasteiger partial charge in [-0.15, -0.1) is 0 Å². The zero-order valence-corrected chi connectivity index (χ0v) is 8.00. The van der Waals surface area contributed by atoms with E-state index in [4.69, 9.17) is 5.11 Å². The Morgan fingerprint density at radius 2 is 2.00 bits per heavy atom. The Labute approximate surface area is 73.4 Å². The van der Waals surface area contributed by atoms with E-state index in [1.807, 2.05) is 0 Å². The fraction of sp³-hybridized carbons (Fsp3) is 0.889. The van der Waals surface area contributed by atoms with Gasteiger partial charge in [0.15, 0.2) is 0 Å². The van der Waals surface area contributed by atoms with Crippen LogP contribution in [-0.4, -0.2) is 34.6 Å². The molecule has 0 spiro atoms. The monoisotopic (exact) mass is 171 g/mol. The van der Waals surface area contributed by atoms with Crippen LogP contribution < -0.4 is 0 Å². The first-order valence-corrected chi connectivity index (χ1v) is 4.36. The van der Waals surface area contributed by atoms with E-state index in [1.165, 1.54) is 0 Å². The molecule has 1 aliphatic heterocycles. The molecule has 1 rings (SSSR count). The van der Waals surface area contributed by atoms with Crippen LogP contribution in [0.2, 0.25) is 0 Å². The number of carboxylic acid groups (broad SMARTS) is 1. The largest absolute Gasteiger partial charge is 0.481 e. The van der Waals surface area contributed by atoms with E-state index in [2.05, 4.69) is 25.7 Å². The maximum Gasteiger partial charge on any atom is 0.303 e. The lowest BCUT2D eigenvalue weighted by atomic mass is 9.90. The molecule has 0 saturated carbocycles. The van der Waals surface area contributed by atoms with Crippen molar-refractivity contribution in [3.05, 3.63) is 0 Å². The number of hydrogen-bond acceptors (Lipinski definition) is 2. The van der Waals surface area contributed by atoms with Crippen LogP contribution in [0.5, 0.6) is 0 Å². The quantitative estimate of drug-likeness (QED) is 0.678. The van der Waals surface area contributed by atoms with Crippen LogP contribution in [-0.2, 0) is 4.79 Å². The van der Waals surface area contributed by atoms with E-state index >= 15 is 0 Å². The fourth-order valence-electron chi connectivity index (χ4n) is 1.49. The summed E-state index contributed by atoms with van der Waals surface area (Å²) < 4.78 is 0. The van der Waals surface area contributed by atoms with E-state index in [0.29, 0.717) is 12.3 Å². The molecule has 1 aliphatic rings. The van der Waals surface area contributed by atoms with Gasteiger partial charge in [-0.05, 0) is 26.7 Å². The highest BCUT2D eigenvalue weighted by molar-refractivity contribution is 5.67. The van der Waals surface area contributed by atoms with Gasteiger partial charge >= 0.3 is 5.97 Å². The number of rotatable bonds is 2. The van der Waals surface area contributed by atoms with Gasteiger partial charge in [0.2, 0.25) is 0 Å². The van der Waals surface area contributed by atoms with Crippen LogP contribution in [0.4, 0.5) is 0 Å². The maximum atomic E-state index is 10.3. The van der Waals surface area contributed by atoms with Gasteiger partial charge in [0, 0.05) is 18.6 Å². The molecule has 1 saturated heterocycles. The third-order valence-corrected chi connectivity index (χ3v) is 2.37. The van der Waals surface area contributed by atoms with Crippen molar-refractivity contribution in [1.29, 1.82) is 0 Å². The predicted octanol–water partition coefficient (Wildman–Crippen LogP) is 1.19. The lowest BCUT2D eigenvalue weighted by Crippen LogP contribution is -2.56. The summed E-state index contributed by atoms with van der Waals surface area (Å²) in [7, 11) is 0. The van der Waals surface area contributed by atoms with Crippen LogP contribution in [0, 0.1) is 5.92 Å². The van der Waals surface area contributed by atoms with Crippen molar-refractivity contribution in [3.63, 3.8) is 0 Å². The summed E-state index contributed by atoms with van der Waals surface area (Å²) >= 11 is 0. The highest BCUT2D eigenvalue weighted by atomic mass is 16.4. The molecule has 3 nitrogen and oxygen atoms in total. The summed E-state index contributed by atoms with van der Waals surface area (Å²) in [6.07, 6.45) is 0.326. The SMILES string of the molecule is CC(C)(C)N1CC(CC(=O)O)C1. The Morgan fingerprint density at radius 3 is 2.33 bits per heavy atom. The summed E-state index contributed by atoms with van der Waals surface area (Å²) in [5.74, 6) is -0.296. The minimum atomic E-state index is -0.673. The summed E-state index contributed by atoms with van der Waals surface area (Å²) in [4.78, 5) is 12.6. The van der Waals surface area contributed by atoms with Gasteiger partial charge in [-0.25, -0.2) is 0 Å². The molecule has 3 heteroatoms. The number of likely N-dealkylation sites (tertiary alicyclic amines) is 1. The first-order valence-electron chi connectivity index (χ1n) is 4.36. The Morgan fingerprint density at radius 1 is 1.50 bits per heavy atom. The highest BCUT2D eigenvalue weighted by Crippen LogP contribution is 2.26. The molecule has 1 N–H and O–H groups in total. The molecule has 0 radical (unpaired) electrons. The van der Waals surface area contributed by atoms with Crippen LogP contribution in [0.15, 0.2) is 0 Å². The second kappa shape index (κ2) is 3.05. The molecular formula is C9H17NO2. The Hall–Kier alpha value is -0.570. The van der Waals surface area contributed by atoms with Gasteiger partial charge in [0.05, 0.1) is 6.42 Å². The average molecular weight is 171 g/mol. The van der Waals surface area contributed by atoms with Gasteiger partial charge in [-0.2, -0.15) is 0 Å². The van der Waals surface area contributed by atoms with Crippen molar-refractivity contribution < 1.29 is 9.90 Å². The molecule has 0 amide bonds. The zero-order chi connectivity index (χ0) is 9.35. The van der Waals surface area contributed by atoms with Crippen molar-refractivity contribution in [2.24, 2.45) is 5.92 Å². The van der Waals surface area contributed by atoms with Gasteiger partial charge in [-0.3, -0.25) is 9.69 Å². The minimum absolute atomic E-state index is 0.203. The van der Waals surface area contributed by atoms with Gasteiger partial charge < -0.3 is 5.11 Å². The van der Waals surface area contributed by atoms with Gasteiger partial charge in [0.25, 0.3) is 0 Å². The third-order valence-electron chi connectivity index (χ3n) is 2.37. The Kier molecular flexibility index (Phi) is 2.42. The molecule has 0 aromatic heterocycles. The molecule has 0 aromatic carbocycles. The zero-order valence-electron chi connectivity index (χ0n) is 8.00. The van der Waals surface area contributed by atoms with Crippen LogP contribution in [0.25, 0.3) is 0 Å². The van der Waals surface area contributed by atoms with Crippen molar-refractivity contribution in [1.82, 2.24) is 4.90 Å². The van der Waals surface area contributed by atoms with Crippen molar-refractivity contribution in [2.75, 3.05) is 13.1 Å². The lowest BCUT2D eigenvalue weighted by Gasteiger charge is -2.47. The smallest absolute Gasteiger partial charge is 0.303 e. The third kappa shape index (κ3) is 2.21. The van der Waals surface area contributed by atoms with E-state index in [0.717, 1.165) is 13.1 Å².